The van der Waals surface area contributed by atoms with E-state index in [2.05, 4.69) is 32.6 Å². The van der Waals surface area contributed by atoms with Crippen molar-refractivity contribution in [2.24, 2.45) is 10.8 Å². The minimum Gasteiger partial charge on any atom is -0.487 e. The molecule has 6 heteroatoms. The summed E-state index contributed by atoms with van der Waals surface area (Å²) < 4.78 is 6.33. The van der Waals surface area contributed by atoms with Gasteiger partial charge >= 0.3 is 0 Å². The molecule has 37 heavy (non-hydrogen) atoms. The second-order valence-electron chi connectivity index (χ2n) is 12.2. The molecule has 0 atom stereocenters. The van der Waals surface area contributed by atoms with Crippen molar-refractivity contribution >= 4 is 34.8 Å². The molecule has 194 valence electrons. The molecule has 0 aromatic heterocycles. The van der Waals surface area contributed by atoms with Gasteiger partial charge in [-0.3, -0.25) is 9.59 Å². The number of allylic oxidation sites excluding steroid dienone is 4. The number of halogens is 2. The molecule has 0 unspecified atom stereocenters. The van der Waals surface area contributed by atoms with Crippen LogP contribution >= 0.6 is 23.2 Å². The van der Waals surface area contributed by atoms with Crippen molar-refractivity contribution in [3.8, 4) is 5.75 Å². The first-order valence-corrected chi connectivity index (χ1v) is 13.5. The third-order valence-corrected chi connectivity index (χ3v) is 8.25. The van der Waals surface area contributed by atoms with Gasteiger partial charge in [0.1, 0.15) is 12.4 Å². The summed E-state index contributed by atoms with van der Waals surface area (Å²) in [6, 6.07) is 13.3. The molecular weight excluding hydrogens is 505 g/mol. The molecule has 0 fully saturated rings. The molecule has 2 aromatic carbocycles. The normalized spacial score (nSPS) is 21.2. The van der Waals surface area contributed by atoms with E-state index in [1.165, 1.54) is 0 Å². The first-order valence-electron chi connectivity index (χ1n) is 12.8. The molecule has 0 bridgehead atoms. The molecule has 0 amide bonds. The number of carbonyl (C=O) groups excluding carboxylic acids is 2. The predicted molar refractivity (Wildman–Crippen MR) is 148 cm³/mol. The van der Waals surface area contributed by atoms with Gasteiger partial charge in [-0.05, 0) is 41.4 Å². The van der Waals surface area contributed by atoms with Crippen LogP contribution in [0.15, 0.2) is 65.0 Å². The van der Waals surface area contributed by atoms with Crippen LogP contribution in [0, 0.1) is 10.8 Å². The van der Waals surface area contributed by atoms with Crippen molar-refractivity contribution in [2.75, 3.05) is 7.05 Å². The Balaban J connectivity index is 1.72. The number of benzene rings is 2. The minimum atomic E-state index is -0.560. The Kier molecular flexibility index (Phi) is 6.57. The number of ketones is 2. The first kappa shape index (κ1) is 26.1. The number of ether oxygens (including phenoxy) is 1. The Morgan fingerprint density at radius 3 is 1.95 bits per heavy atom. The largest absolute Gasteiger partial charge is 0.487 e. The second-order valence-corrected chi connectivity index (χ2v) is 13.0. The lowest BCUT2D eigenvalue weighted by atomic mass is 9.63. The number of hydrogen-bond acceptors (Lipinski definition) is 4. The van der Waals surface area contributed by atoms with E-state index < -0.39 is 5.92 Å². The number of hydrogen-bond donors (Lipinski definition) is 0. The average molecular weight is 539 g/mol. The highest BCUT2D eigenvalue weighted by Gasteiger charge is 2.49. The van der Waals surface area contributed by atoms with E-state index in [0.29, 0.717) is 52.0 Å². The Hall–Kier alpha value is -2.56. The van der Waals surface area contributed by atoms with Crippen LogP contribution in [0.1, 0.15) is 70.4 Å². The lowest BCUT2D eigenvalue weighted by molar-refractivity contribution is -0.119. The standard InChI is InChI=1S/C31H33Cl2NO3/c1-30(2)13-22-27(24(35)15-30)26(28-23(34(22)5)14-31(3,4)16-25(28)36)20-11-19(32)12-21(33)29(20)37-17-18-9-7-6-8-10-18/h6-12,26H,13-17H2,1-5H3. The zero-order valence-corrected chi connectivity index (χ0v) is 23.6. The Bertz CT molecular complexity index is 1300. The summed E-state index contributed by atoms with van der Waals surface area (Å²) in [5, 5.41) is 0.816. The van der Waals surface area contributed by atoms with E-state index in [1.54, 1.807) is 6.07 Å². The fourth-order valence-electron chi connectivity index (χ4n) is 6.15. The van der Waals surface area contributed by atoms with Gasteiger partial charge in [-0.2, -0.15) is 0 Å². The van der Waals surface area contributed by atoms with Crippen LogP contribution in [0.3, 0.4) is 0 Å². The third-order valence-electron chi connectivity index (χ3n) is 7.75. The average Bonchev–Trinajstić information content (AvgIpc) is 2.79. The Labute approximate surface area is 229 Å². The van der Waals surface area contributed by atoms with Crippen molar-refractivity contribution in [2.45, 2.75) is 65.9 Å². The Morgan fingerprint density at radius 1 is 0.865 bits per heavy atom. The fraction of sp³-hybridized carbons (Fsp3) is 0.419. The monoisotopic (exact) mass is 537 g/mol. The lowest BCUT2D eigenvalue weighted by Crippen LogP contribution is -2.43. The maximum Gasteiger partial charge on any atom is 0.162 e. The summed E-state index contributed by atoms with van der Waals surface area (Å²) in [5.74, 6) is 0.0450. The minimum absolute atomic E-state index is 0.0670. The molecule has 5 rings (SSSR count). The van der Waals surface area contributed by atoms with Gasteiger partial charge in [0.2, 0.25) is 0 Å². The summed E-state index contributed by atoms with van der Waals surface area (Å²) in [4.78, 5) is 29.8. The summed E-state index contributed by atoms with van der Waals surface area (Å²) in [6.45, 7) is 8.82. The predicted octanol–water partition coefficient (Wildman–Crippen LogP) is 7.89. The molecule has 1 aliphatic heterocycles. The maximum absolute atomic E-state index is 13.8. The topological polar surface area (TPSA) is 46.6 Å². The van der Waals surface area contributed by atoms with Gasteiger partial charge in [-0.25, -0.2) is 0 Å². The van der Waals surface area contributed by atoms with Gasteiger partial charge in [0.25, 0.3) is 0 Å². The zero-order chi connectivity index (χ0) is 26.7. The van der Waals surface area contributed by atoms with Crippen LogP contribution in [0.25, 0.3) is 0 Å². The number of Topliss-reactive ketones (excluding diaryl/α,β-unsaturated/α-hetero) is 2. The van der Waals surface area contributed by atoms with Gasteiger partial charge in [0.15, 0.2) is 11.6 Å². The molecule has 0 saturated heterocycles. The number of nitrogens with zero attached hydrogens (tertiary/aromatic N) is 1. The van der Waals surface area contributed by atoms with E-state index in [1.807, 2.05) is 43.4 Å². The molecule has 1 heterocycles. The van der Waals surface area contributed by atoms with Crippen LogP contribution < -0.4 is 4.74 Å². The van der Waals surface area contributed by atoms with Crippen LogP contribution in [0.2, 0.25) is 10.0 Å². The highest BCUT2D eigenvalue weighted by atomic mass is 35.5. The number of carbonyl (C=O) groups is 2. The van der Waals surface area contributed by atoms with Gasteiger partial charge in [0, 0.05) is 58.9 Å². The molecule has 0 N–H and O–H groups in total. The third kappa shape index (κ3) is 4.86. The molecule has 0 radical (unpaired) electrons. The van der Waals surface area contributed by atoms with Gasteiger partial charge in [0.05, 0.1) is 5.02 Å². The van der Waals surface area contributed by atoms with Gasteiger partial charge in [-0.15, -0.1) is 0 Å². The van der Waals surface area contributed by atoms with Crippen LogP contribution in [-0.4, -0.2) is 23.5 Å². The van der Waals surface area contributed by atoms with Crippen molar-refractivity contribution in [3.63, 3.8) is 0 Å². The summed E-state index contributed by atoms with van der Waals surface area (Å²) in [6.07, 6.45) is 2.35. The summed E-state index contributed by atoms with van der Waals surface area (Å²) in [7, 11) is 2.00. The van der Waals surface area contributed by atoms with Crippen molar-refractivity contribution < 1.29 is 14.3 Å². The van der Waals surface area contributed by atoms with Gasteiger partial charge in [-0.1, -0.05) is 81.2 Å². The smallest absolute Gasteiger partial charge is 0.162 e. The SMILES string of the molecule is CN1C2=C(C(=O)CC(C)(C)C2)C(c2cc(Cl)cc(Cl)c2OCc2ccccc2)C2=C1CC(C)(C)CC2=O. The van der Waals surface area contributed by atoms with E-state index in [0.717, 1.165) is 29.8 Å². The molecule has 4 nitrogen and oxygen atoms in total. The lowest BCUT2D eigenvalue weighted by Gasteiger charge is -2.48. The second kappa shape index (κ2) is 9.32. The summed E-state index contributed by atoms with van der Waals surface area (Å²) >= 11 is 13.3. The highest BCUT2D eigenvalue weighted by molar-refractivity contribution is 6.35. The summed E-state index contributed by atoms with van der Waals surface area (Å²) in [5.41, 5.74) is 4.67. The molecular formula is C31H33Cl2NO3. The van der Waals surface area contributed by atoms with Crippen molar-refractivity contribution in [1.82, 2.24) is 4.90 Å². The molecule has 2 aliphatic carbocycles. The van der Waals surface area contributed by atoms with E-state index in [-0.39, 0.29) is 22.4 Å². The zero-order valence-electron chi connectivity index (χ0n) is 22.1. The van der Waals surface area contributed by atoms with Crippen molar-refractivity contribution in [3.05, 3.63) is 86.2 Å². The quantitative estimate of drug-likeness (QED) is 0.397. The van der Waals surface area contributed by atoms with Gasteiger partial charge < -0.3 is 9.64 Å². The molecule has 0 saturated carbocycles. The van der Waals surface area contributed by atoms with Crippen LogP contribution in [-0.2, 0) is 16.2 Å². The molecule has 3 aliphatic rings. The van der Waals surface area contributed by atoms with Crippen LogP contribution in [0.5, 0.6) is 5.75 Å². The van der Waals surface area contributed by atoms with E-state index in [4.69, 9.17) is 27.9 Å². The molecule has 0 spiro atoms. The highest BCUT2D eigenvalue weighted by Crippen LogP contribution is 2.56. The van der Waals surface area contributed by atoms with Crippen molar-refractivity contribution in [1.29, 1.82) is 0 Å². The number of rotatable bonds is 4. The van der Waals surface area contributed by atoms with Crippen LogP contribution in [0.4, 0.5) is 0 Å². The van der Waals surface area contributed by atoms with E-state index in [9.17, 15) is 9.59 Å². The molecule has 2 aromatic rings. The fourth-order valence-corrected chi connectivity index (χ4v) is 6.72. The van der Waals surface area contributed by atoms with E-state index >= 15 is 0 Å². The maximum atomic E-state index is 13.8. The Morgan fingerprint density at radius 2 is 1.41 bits per heavy atom. The first-order chi connectivity index (χ1) is 17.4.